The second-order valence-corrected chi connectivity index (χ2v) is 8.81. The van der Waals surface area contributed by atoms with Crippen LogP contribution in [0, 0.1) is 27.7 Å². The molecule has 9 heteroatoms. The minimum absolute atomic E-state index is 0.0325. The van der Waals surface area contributed by atoms with Crippen LogP contribution in [0.3, 0.4) is 0 Å². The Labute approximate surface area is 209 Å². The molecule has 186 valence electrons. The van der Waals surface area contributed by atoms with Gasteiger partial charge in [-0.3, -0.25) is 9.59 Å². The number of anilines is 1. The van der Waals surface area contributed by atoms with Gasteiger partial charge in [-0.15, -0.1) is 0 Å². The number of hydrogen-bond acceptors (Lipinski definition) is 7. The van der Waals surface area contributed by atoms with E-state index in [1.807, 2.05) is 64.1 Å². The van der Waals surface area contributed by atoms with Crippen molar-refractivity contribution in [2.24, 2.45) is 0 Å². The minimum Gasteiger partial charge on any atom is -0.384 e. The molecule has 0 aliphatic carbocycles. The molecule has 4 aromatic rings. The number of hydrogen-bond donors (Lipinski definition) is 3. The molecule has 4 rings (SSSR count). The molecule has 0 fully saturated rings. The first-order valence-corrected chi connectivity index (χ1v) is 11.7. The summed E-state index contributed by atoms with van der Waals surface area (Å²) < 4.78 is 6.94. The zero-order chi connectivity index (χ0) is 25.8. The Balaban J connectivity index is 1.47. The first-order chi connectivity index (χ1) is 17.2. The van der Waals surface area contributed by atoms with Crippen LogP contribution >= 0.6 is 0 Å². The predicted molar refractivity (Wildman–Crippen MR) is 139 cm³/mol. The lowest BCUT2D eigenvalue weighted by Gasteiger charge is -2.14. The number of nitrogen functional groups attached to an aromatic ring is 1. The summed E-state index contributed by atoms with van der Waals surface area (Å²) in [5.74, 6) is 0.859. The van der Waals surface area contributed by atoms with Crippen LogP contribution in [-0.2, 0) is 24.3 Å². The number of rotatable bonds is 8. The van der Waals surface area contributed by atoms with E-state index in [4.69, 9.17) is 10.3 Å². The molecule has 0 aliphatic rings. The average Bonchev–Trinajstić information content (AvgIpc) is 3.21. The Bertz CT molecular complexity index is 1430. The number of nitrogens with two attached hydrogens (primary N) is 1. The molecule has 1 aromatic carbocycles. The highest BCUT2D eigenvalue weighted by molar-refractivity contribution is 5.78. The van der Waals surface area contributed by atoms with E-state index in [0.717, 1.165) is 39.2 Å². The number of carbonyl (C=O) groups is 1. The molecule has 0 radical (unpaired) electrons. The molecule has 0 saturated heterocycles. The van der Waals surface area contributed by atoms with Crippen molar-refractivity contribution in [3.8, 4) is 11.3 Å². The van der Waals surface area contributed by atoms with E-state index in [9.17, 15) is 9.59 Å². The summed E-state index contributed by atoms with van der Waals surface area (Å²) in [5.41, 5.74) is 15.0. The van der Waals surface area contributed by atoms with Gasteiger partial charge >= 0.3 is 0 Å². The number of nitrogens with one attached hydrogen (secondary N) is 2. The summed E-state index contributed by atoms with van der Waals surface area (Å²) in [6, 6.07) is 13.3. The SMILES string of the molecule is Cc1cc(N)nc(C)c1CNC(=O)Cc1c(C)ccn(NCc2c(C)noc2-c2ccccc2)c1=O. The average molecular weight is 487 g/mol. The molecule has 3 heterocycles. The van der Waals surface area contributed by atoms with Gasteiger partial charge in [0.1, 0.15) is 5.82 Å². The van der Waals surface area contributed by atoms with Crippen molar-refractivity contribution in [1.82, 2.24) is 20.1 Å². The Morgan fingerprint density at radius 1 is 0.972 bits per heavy atom. The molecule has 36 heavy (non-hydrogen) atoms. The first kappa shape index (κ1) is 24.7. The number of aromatic nitrogens is 3. The predicted octanol–water partition coefficient (Wildman–Crippen LogP) is 3.32. The number of benzene rings is 1. The van der Waals surface area contributed by atoms with Gasteiger partial charge in [0.15, 0.2) is 5.76 Å². The number of carbonyl (C=O) groups excluding carboxylic acids is 1. The second-order valence-electron chi connectivity index (χ2n) is 8.81. The lowest BCUT2D eigenvalue weighted by atomic mass is 10.1. The van der Waals surface area contributed by atoms with Crippen LogP contribution in [0.5, 0.6) is 0 Å². The molecule has 9 nitrogen and oxygen atoms in total. The lowest BCUT2D eigenvalue weighted by Crippen LogP contribution is -2.34. The number of amides is 1. The van der Waals surface area contributed by atoms with Crippen molar-refractivity contribution in [3.63, 3.8) is 0 Å². The quantitative estimate of drug-likeness (QED) is 0.348. The Morgan fingerprint density at radius 3 is 2.44 bits per heavy atom. The van der Waals surface area contributed by atoms with E-state index >= 15 is 0 Å². The van der Waals surface area contributed by atoms with Gasteiger partial charge in [0.2, 0.25) is 5.91 Å². The van der Waals surface area contributed by atoms with E-state index < -0.39 is 0 Å². The standard InChI is InChI=1S/C27H30N6O3/c1-16-10-11-33(30-15-23-19(4)32-36-26(23)20-8-6-5-7-9-20)27(35)21(16)13-25(34)29-14-22-17(2)12-24(28)31-18(22)3/h5-12,30H,13-15H2,1-4H3,(H2,28,31)(H,29,34). The zero-order valence-electron chi connectivity index (χ0n) is 20.9. The zero-order valence-corrected chi connectivity index (χ0v) is 20.9. The van der Waals surface area contributed by atoms with E-state index in [2.05, 4.69) is 20.9 Å². The topological polar surface area (TPSA) is 128 Å². The van der Waals surface area contributed by atoms with Crippen molar-refractivity contribution in [3.05, 3.63) is 98.2 Å². The molecular weight excluding hydrogens is 456 g/mol. The van der Waals surface area contributed by atoms with Gasteiger partial charge < -0.3 is 21.0 Å². The van der Waals surface area contributed by atoms with Gasteiger partial charge in [-0.1, -0.05) is 35.5 Å². The van der Waals surface area contributed by atoms with E-state index in [0.29, 0.717) is 30.2 Å². The van der Waals surface area contributed by atoms with Crippen LogP contribution in [0.15, 0.2) is 58.0 Å². The second kappa shape index (κ2) is 10.5. The summed E-state index contributed by atoms with van der Waals surface area (Å²) in [4.78, 5) is 30.2. The largest absolute Gasteiger partial charge is 0.384 e. The van der Waals surface area contributed by atoms with Gasteiger partial charge in [0.05, 0.1) is 18.7 Å². The molecule has 0 unspecified atom stereocenters. The van der Waals surface area contributed by atoms with Gasteiger partial charge in [0.25, 0.3) is 5.56 Å². The Hall–Kier alpha value is -4.40. The lowest BCUT2D eigenvalue weighted by molar-refractivity contribution is -0.120. The van der Waals surface area contributed by atoms with Gasteiger partial charge in [0, 0.05) is 35.1 Å². The van der Waals surface area contributed by atoms with Crippen molar-refractivity contribution >= 4 is 11.7 Å². The maximum absolute atomic E-state index is 13.2. The smallest absolute Gasteiger partial charge is 0.272 e. The highest BCUT2D eigenvalue weighted by atomic mass is 16.5. The molecule has 0 aliphatic heterocycles. The fourth-order valence-electron chi connectivity index (χ4n) is 4.15. The van der Waals surface area contributed by atoms with Crippen LogP contribution in [0.1, 0.15) is 39.2 Å². The fraction of sp³-hybridized carbons (Fsp3) is 0.259. The van der Waals surface area contributed by atoms with Gasteiger partial charge in [-0.2, -0.15) is 0 Å². The molecule has 3 aromatic heterocycles. The summed E-state index contributed by atoms with van der Waals surface area (Å²) in [6.07, 6.45) is 1.63. The third kappa shape index (κ3) is 5.30. The van der Waals surface area contributed by atoms with Crippen molar-refractivity contribution in [2.75, 3.05) is 11.2 Å². The summed E-state index contributed by atoms with van der Waals surface area (Å²) in [5, 5.41) is 7.00. The van der Waals surface area contributed by atoms with Crippen molar-refractivity contribution in [1.29, 1.82) is 0 Å². The molecular formula is C27H30N6O3. The van der Waals surface area contributed by atoms with Crippen molar-refractivity contribution < 1.29 is 9.32 Å². The third-order valence-electron chi connectivity index (χ3n) is 6.25. The van der Waals surface area contributed by atoms with Crippen LogP contribution in [-0.4, -0.2) is 20.7 Å². The highest BCUT2D eigenvalue weighted by Crippen LogP contribution is 2.26. The van der Waals surface area contributed by atoms with E-state index in [1.165, 1.54) is 4.68 Å². The molecule has 4 N–H and O–H groups in total. The van der Waals surface area contributed by atoms with Gasteiger partial charge in [-0.05, 0) is 56.5 Å². The van der Waals surface area contributed by atoms with Crippen molar-refractivity contribution in [2.45, 2.75) is 47.2 Å². The Morgan fingerprint density at radius 2 is 1.72 bits per heavy atom. The highest BCUT2D eigenvalue weighted by Gasteiger charge is 2.17. The van der Waals surface area contributed by atoms with Crippen LogP contribution in [0.2, 0.25) is 0 Å². The summed E-state index contributed by atoms with van der Waals surface area (Å²) in [6.45, 7) is 8.12. The van der Waals surface area contributed by atoms with Crippen LogP contribution in [0.4, 0.5) is 5.82 Å². The number of nitrogens with zero attached hydrogens (tertiary/aromatic N) is 3. The summed E-state index contributed by atoms with van der Waals surface area (Å²) in [7, 11) is 0. The van der Waals surface area contributed by atoms with E-state index in [-0.39, 0.29) is 17.9 Å². The molecule has 0 atom stereocenters. The molecule has 0 spiro atoms. The maximum Gasteiger partial charge on any atom is 0.272 e. The molecule has 0 bridgehead atoms. The third-order valence-corrected chi connectivity index (χ3v) is 6.25. The van der Waals surface area contributed by atoms with Crippen LogP contribution in [0.25, 0.3) is 11.3 Å². The first-order valence-electron chi connectivity index (χ1n) is 11.7. The normalized spacial score (nSPS) is 10.9. The maximum atomic E-state index is 13.2. The monoisotopic (exact) mass is 486 g/mol. The minimum atomic E-state index is -0.276. The van der Waals surface area contributed by atoms with Gasteiger partial charge in [-0.25, -0.2) is 9.66 Å². The molecule has 1 amide bonds. The fourth-order valence-corrected chi connectivity index (χ4v) is 4.15. The summed E-state index contributed by atoms with van der Waals surface area (Å²) >= 11 is 0. The number of pyridine rings is 2. The van der Waals surface area contributed by atoms with E-state index in [1.54, 1.807) is 12.3 Å². The van der Waals surface area contributed by atoms with Crippen LogP contribution < -0.4 is 22.0 Å². The number of aryl methyl sites for hydroxylation is 4. The molecule has 0 saturated carbocycles. The Kier molecular flexibility index (Phi) is 7.19.